The van der Waals surface area contributed by atoms with Crippen molar-refractivity contribution in [1.29, 1.82) is 0 Å². The van der Waals surface area contributed by atoms with Gasteiger partial charge in [-0.15, -0.1) is 0 Å². The molecule has 1 amide bonds. The highest BCUT2D eigenvalue weighted by atomic mass is 32.2. The quantitative estimate of drug-likeness (QED) is 0.858. The van der Waals surface area contributed by atoms with E-state index >= 15 is 0 Å². The van der Waals surface area contributed by atoms with Crippen LogP contribution in [-0.4, -0.2) is 50.9 Å². The van der Waals surface area contributed by atoms with Crippen molar-refractivity contribution in [1.82, 2.24) is 14.9 Å². The van der Waals surface area contributed by atoms with E-state index in [1.807, 2.05) is 6.92 Å². The largest absolute Gasteiger partial charge is 0.333 e. The minimum atomic E-state index is -3.58. The molecule has 2 N–H and O–H groups in total. The van der Waals surface area contributed by atoms with Crippen LogP contribution in [0.15, 0.2) is 29.2 Å². The predicted molar refractivity (Wildman–Crippen MR) is 92.4 cm³/mol. The second kappa shape index (κ2) is 7.21. The molecule has 1 aromatic carbocycles. The Kier molecular flexibility index (Phi) is 5.22. The van der Waals surface area contributed by atoms with E-state index < -0.39 is 10.0 Å². The molecule has 1 aliphatic carbocycles. The van der Waals surface area contributed by atoms with E-state index in [1.165, 1.54) is 6.07 Å². The van der Waals surface area contributed by atoms with Crippen LogP contribution in [-0.2, 0) is 10.0 Å². The van der Waals surface area contributed by atoms with Crippen molar-refractivity contribution in [3.8, 4) is 0 Å². The molecule has 2 fully saturated rings. The monoisotopic (exact) mass is 351 g/mol. The fourth-order valence-corrected chi connectivity index (χ4v) is 4.79. The lowest BCUT2D eigenvalue weighted by molar-refractivity contribution is 0.0655. The Morgan fingerprint density at radius 1 is 1.29 bits per heavy atom. The maximum Gasteiger partial charge on any atom is 0.254 e. The lowest BCUT2D eigenvalue weighted by Gasteiger charge is -2.34. The SMILES string of the molecule is C[C@@H]1CNCCN1C(=O)c1cccc(S(=O)(=O)NC2CCCC2)c1. The second-order valence-corrected chi connectivity index (χ2v) is 8.40. The Morgan fingerprint density at radius 3 is 2.75 bits per heavy atom. The molecule has 0 radical (unpaired) electrons. The normalized spacial score (nSPS) is 22.7. The first-order valence-corrected chi connectivity index (χ1v) is 10.1. The fraction of sp³-hybridized carbons (Fsp3) is 0.588. The van der Waals surface area contributed by atoms with Crippen LogP contribution in [0.4, 0.5) is 0 Å². The van der Waals surface area contributed by atoms with Crippen LogP contribution < -0.4 is 10.0 Å². The van der Waals surface area contributed by atoms with Gasteiger partial charge in [0.15, 0.2) is 0 Å². The van der Waals surface area contributed by atoms with Gasteiger partial charge in [-0.25, -0.2) is 13.1 Å². The third-order valence-corrected chi connectivity index (χ3v) is 6.35. The van der Waals surface area contributed by atoms with E-state index in [4.69, 9.17) is 0 Å². The molecule has 0 aromatic heterocycles. The van der Waals surface area contributed by atoms with Gasteiger partial charge < -0.3 is 10.2 Å². The molecule has 1 aliphatic heterocycles. The highest BCUT2D eigenvalue weighted by Gasteiger charge is 2.26. The van der Waals surface area contributed by atoms with Crippen LogP contribution in [0.25, 0.3) is 0 Å². The molecule has 6 nitrogen and oxygen atoms in total. The molecular formula is C17H25N3O3S. The van der Waals surface area contributed by atoms with Gasteiger partial charge in [0.2, 0.25) is 10.0 Å². The Bertz CT molecular complexity index is 699. The van der Waals surface area contributed by atoms with Gasteiger partial charge in [0, 0.05) is 37.3 Å². The average Bonchev–Trinajstić information content (AvgIpc) is 3.07. The molecule has 1 saturated heterocycles. The van der Waals surface area contributed by atoms with Crippen molar-refractivity contribution < 1.29 is 13.2 Å². The van der Waals surface area contributed by atoms with Crippen LogP contribution in [0.3, 0.4) is 0 Å². The molecule has 24 heavy (non-hydrogen) atoms. The number of carbonyl (C=O) groups excluding carboxylic acids is 1. The number of amides is 1. The summed E-state index contributed by atoms with van der Waals surface area (Å²) >= 11 is 0. The van der Waals surface area contributed by atoms with Gasteiger partial charge >= 0.3 is 0 Å². The van der Waals surface area contributed by atoms with Gasteiger partial charge in [-0.1, -0.05) is 18.9 Å². The standard InChI is InChI=1S/C17H25N3O3S/c1-13-12-18-9-10-20(13)17(21)14-5-4-8-16(11-14)24(22,23)19-15-6-2-3-7-15/h4-5,8,11,13,15,18-19H,2-3,6-7,9-10,12H2,1H3/t13-/m1/s1. The number of hydrogen-bond acceptors (Lipinski definition) is 4. The zero-order valence-electron chi connectivity index (χ0n) is 14.0. The molecule has 3 rings (SSSR count). The molecule has 2 aliphatic rings. The molecule has 1 aromatic rings. The topological polar surface area (TPSA) is 78.5 Å². The fourth-order valence-electron chi connectivity index (χ4n) is 3.44. The summed E-state index contributed by atoms with van der Waals surface area (Å²) in [6.45, 7) is 4.15. The first-order valence-electron chi connectivity index (χ1n) is 8.61. The molecule has 132 valence electrons. The number of sulfonamides is 1. The van der Waals surface area contributed by atoms with Crippen molar-refractivity contribution in [3.05, 3.63) is 29.8 Å². The highest BCUT2D eigenvalue weighted by molar-refractivity contribution is 7.89. The van der Waals surface area contributed by atoms with E-state index in [9.17, 15) is 13.2 Å². The summed E-state index contributed by atoms with van der Waals surface area (Å²) in [5.74, 6) is -0.109. The Hall–Kier alpha value is -1.44. The van der Waals surface area contributed by atoms with Crippen molar-refractivity contribution >= 4 is 15.9 Å². The summed E-state index contributed by atoms with van der Waals surface area (Å²) in [4.78, 5) is 14.7. The molecule has 1 heterocycles. The zero-order chi connectivity index (χ0) is 17.2. The molecule has 1 saturated carbocycles. The Morgan fingerprint density at radius 2 is 2.04 bits per heavy atom. The third kappa shape index (κ3) is 3.79. The van der Waals surface area contributed by atoms with Gasteiger partial charge in [0.25, 0.3) is 5.91 Å². The highest BCUT2D eigenvalue weighted by Crippen LogP contribution is 2.21. The van der Waals surface area contributed by atoms with E-state index in [1.54, 1.807) is 23.1 Å². The molecule has 1 atom stereocenters. The van der Waals surface area contributed by atoms with Crippen LogP contribution in [0.5, 0.6) is 0 Å². The Labute approximate surface area is 143 Å². The molecule has 0 spiro atoms. The smallest absolute Gasteiger partial charge is 0.254 e. The van der Waals surface area contributed by atoms with E-state index in [-0.39, 0.29) is 22.9 Å². The summed E-state index contributed by atoms with van der Waals surface area (Å²) in [6, 6.07) is 6.49. The molecule has 7 heteroatoms. The molecule has 0 bridgehead atoms. The maximum atomic E-state index is 12.7. The van der Waals surface area contributed by atoms with Crippen LogP contribution in [0, 0.1) is 0 Å². The first-order chi connectivity index (χ1) is 11.5. The van der Waals surface area contributed by atoms with Crippen molar-refractivity contribution in [2.45, 2.75) is 49.6 Å². The lowest BCUT2D eigenvalue weighted by Crippen LogP contribution is -2.52. The van der Waals surface area contributed by atoms with Gasteiger partial charge in [-0.3, -0.25) is 4.79 Å². The summed E-state index contributed by atoms with van der Waals surface area (Å²) in [6.07, 6.45) is 3.89. The number of nitrogens with zero attached hydrogens (tertiary/aromatic N) is 1. The minimum absolute atomic E-state index is 0.0162. The van der Waals surface area contributed by atoms with Gasteiger partial charge in [0.1, 0.15) is 0 Å². The average molecular weight is 351 g/mol. The number of rotatable bonds is 4. The summed E-state index contributed by atoms with van der Waals surface area (Å²) in [7, 11) is -3.58. The van der Waals surface area contributed by atoms with Crippen molar-refractivity contribution in [2.24, 2.45) is 0 Å². The van der Waals surface area contributed by atoms with Gasteiger partial charge in [-0.05, 0) is 38.0 Å². The van der Waals surface area contributed by atoms with Gasteiger partial charge in [0.05, 0.1) is 4.90 Å². The van der Waals surface area contributed by atoms with E-state index in [0.29, 0.717) is 12.1 Å². The Balaban J connectivity index is 1.79. The maximum absolute atomic E-state index is 12.7. The molecule has 0 unspecified atom stereocenters. The van der Waals surface area contributed by atoms with Crippen LogP contribution in [0.1, 0.15) is 43.0 Å². The first kappa shape index (κ1) is 17.4. The summed E-state index contributed by atoms with van der Waals surface area (Å²) in [5.41, 5.74) is 0.429. The lowest BCUT2D eigenvalue weighted by atomic mass is 10.1. The minimum Gasteiger partial charge on any atom is -0.333 e. The number of nitrogens with one attached hydrogen (secondary N) is 2. The molecular weight excluding hydrogens is 326 g/mol. The van der Waals surface area contributed by atoms with Gasteiger partial charge in [-0.2, -0.15) is 0 Å². The number of carbonyl (C=O) groups is 1. The van der Waals surface area contributed by atoms with E-state index in [0.717, 1.165) is 38.8 Å². The number of piperazine rings is 1. The summed E-state index contributed by atoms with van der Waals surface area (Å²) in [5, 5.41) is 3.25. The second-order valence-electron chi connectivity index (χ2n) is 6.68. The van der Waals surface area contributed by atoms with Crippen LogP contribution in [0.2, 0.25) is 0 Å². The van der Waals surface area contributed by atoms with Crippen molar-refractivity contribution in [3.63, 3.8) is 0 Å². The van der Waals surface area contributed by atoms with Crippen molar-refractivity contribution in [2.75, 3.05) is 19.6 Å². The van der Waals surface area contributed by atoms with Crippen LogP contribution >= 0.6 is 0 Å². The number of hydrogen-bond donors (Lipinski definition) is 2. The third-order valence-electron chi connectivity index (χ3n) is 4.83. The number of benzene rings is 1. The van der Waals surface area contributed by atoms with E-state index in [2.05, 4.69) is 10.0 Å². The summed E-state index contributed by atoms with van der Waals surface area (Å²) < 4.78 is 27.9. The predicted octanol–water partition coefficient (Wildman–Crippen LogP) is 1.34. The zero-order valence-corrected chi connectivity index (χ0v) is 14.8.